The largest absolute Gasteiger partial charge is 0.497 e. The van der Waals surface area contributed by atoms with Crippen molar-refractivity contribution in [2.24, 2.45) is 5.73 Å². The quantitative estimate of drug-likeness (QED) is 0.0894. The second-order valence-electron chi connectivity index (χ2n) is 10.7. The molecule has 0 saturated carbocycles. The topological polar surface area (TPSA) is 121 Å². The minimum absolute atomic E-state index is 0.136. The maximum absolute atomic E-state index is 15.0. The van der Waals surface area contributed by atoms with Gasteiger partial charge in [0.05, 0.1) is 19.1 Å². The second kappa shape index (κ2) is 15.9. The van der Waals surface area contributed by atoms with E-state index in [1.165, 1.54) is 0 Å². The number of hydrogen-bond donors (Lipinski definition) is 4. The Balaban J connectivity index is 1.78. The summed E-state index contributed by atoms with van der Waals surface area (Å²) in [5.41, 5.74) is 9.05. The van der Waals surface area contributed by atoms with Crippen molar-refractivity contribution in [3.63, 3.8) is 0 Å². The zero-order valence-electron chi connectivity index (χ0n) is 25.3. The molecule has 1 unspecified atom stereocenters. The molecule has 4 aromatic carbocycles. The Morgan fingerprint density at radius 3 is 1.86 bits per heavy atom. The summed E-state index contributed by atoms with van der Waals surface area (Å²) in [7, 11) is 1.61. The van der Waals surface area contributed by atoms with Crippen LogP contribution in [0, 0.1) is 5.41 Å². The smallest absolute Gasteiger partial charge is 0.243 e. The molecule has 44 heavy (non-hydrogen) atoms. The molecule has 0 fully saturated rings. The summed E-state index contributed by atoms with van der Waals surface area (Å²) < 4.78 is 5.38. The van der Waals surface area contributed by atoms with Gasteiger partial charge in [0.1, 0.15) is 11.8 Å². The Morgan fingerprint density at radius 2 is 1.34 bits per heavy atom. The second-order valence-corrected chi connectivity index (χ2v) is 10.7. The van der Waals surface area contributed by atoms with E-state index in [-0.39, 0.29) is 17.8 Å². The number of carbonyl (C=O) groups is 2. The van der Waals surface area contributed by atoms with E-state index in [2.05, 4.69) is 10.6 Å². The Bertz CT molecular complexity index is 1440. The standard InChI is InChI=1S/C36H41N5O3/c1-26(28-20-22-31(44-2)23-21-28)41(35(43)33(29-15-8-4-9-16-29)30-17-10-5-11-18-30)32(19-12-24-39-36(37)38)34(42)40-25-27-13-6-3-7-14-27/h3-11,13-18,20-23,26,32-33H,12,19,24-25H2,1-2H3,(H,40,42)(H4,37,38,39)/t26?,32-/m1/s1. The van der Waals surface area contributed by atoms with E-state index in [0.717, 1.165) is 22.3 Å². The van der Waals surface area contributed by atoms with Gasteiger partial charge in [-0.25, -0.2) is 0 Å². The third kappa shape index (κ3) is 8.47. The molecule has 8 nitrogen and oxygen atoms in total. The minimum Gasteiger partial charge on any atom is -0.497 e. The zero-order chi connectivity index (χ0) is 31.3. The van der Waals surface area contributed by atoms with Crippen molar-refractivity contribution in [3.8, 4) is 5.75 Å². The van der Waals surface area contributed by atoms with E-state index in [9.17, 15) is 9.59 Å². The van der Waals surface area contributed by atoms with Crippen LogP contribution in [0.25, 0.3) is 0 Å². The SMILES string of the molecule is COc1ccc(C(C)N(C(=O)C(c2ccccc2)c2ccccc2)[C@H](CCCNC(=N)N)C(=O)NCc2ccccc2)cc1. The molecule has 0 spiro atoms. The molecule has 0 aliphatic heterocycles. The van der Waals surface area contributed by atoms with E-state index < -0.39 is 18.0 Å². The maximum atomic E-state index is 15.0. The number of rotatable bonds is 14. The van der Waals surface area contributed by atoms with E-state index in [0.29, 0.717) is 31.7 Å². The van der Waals surface area contributed by atoms with Gasteiger partial charge in [-0.15, -0.1) is 0 Å². The van der Waals surface area contributed by atoms with E-state index in [4.69, 9.17) is 15.9 Å². The first kappa shape index (κ1) is 31.8. The zero-order valence-corrected chi connectivity index (χ0v) is 25.3. The number of carbonyl (C=O) groups excluding carboxylic acids is 2. The Labute approximate surface area is 259 Å². The fourth-order valence-corrected chi connectivity index (χ4v) is 5.39. The molecule has 0 radical (unpaired) electrons. The first-order valence-corrected chi connectivity index (χ1v) is 14.8. The van der Waals surface area contributed by atoms with Gasteiger partial charge in [0, 0.05) is 13.1 Å². The molecular weight excluding hydrogens is 550 g/mol. The van der Waals surface area contributed by atoms with Gasteiger partial charge < -0.3 is 26.0 Å². The monoisotopic (exact) mass is 591 g/mol. The van der Waals surface area contributed by atoms with Crippen molar-refractivity contribution < 1.29 is 14.3 Å². The van der Waals surface area contributed by atoms with Crippen LogP contribution in [0.3, 0.4) is 0 Å². The van der Waals surface area contributed by atoms with Crippen molar-refractivity contribution in [1.29, 1.82) is 5.41 Å². The van der Waals surface area contributed by atoms with E-state index in [1.807, 2.05) is 122 Å². The molecule has 4 aromatic rings. The molecule has 4 rings (SSSR count). The molecule has 0 saturated heterocycles. The minimum atomic E-state index is -0.799. The van der Waals surface area contributed by atoms with E-state index in [1.54, 1.807) is 12.0 Å². The molecule has 2 atom stereocenters. The molecule has 0 aliphatic carbocycles. The first-order valence-electron chi connectivity index (χ1n) is 14.8. The highest BCUT2D eigenvalue weighted by Crippen LogP contribution is 2.34. The van der Waals surface area contributed by atoms with Crippen LogP contribution in [-0.2, 0) is 16.1 Å². The fraction of sp³-hybridized carbons (Fsp3) is 0.250. The number of ether oxygens (including phenoxy) is 1. The normalized spacial score (nSPS) is 12.2. The molecule has 228 valence electrons. The van der Waals surface area contributed by atoms with Crippen LogP contribution in [0.4, 0.5) is 0 Å². The summed E-state index contributed by atoms with van der Waals surface area (Å²) in [5.74, 6) is -0.478. The lowest BCUT2D eigenvalue weighted by molar-refractivity contribution is -0.144. The average molecular weight is 592 g/mol. The number of amides is 2. The molecule has 0 bridgehead atoms. The number of nitrogens with zero attached hydrogens (tertiary/aromatic N) is 1. The lowest BCUT2D eigenvalue weighted by Gasteiger charge is -2.39. The maximum Gasteiger partial charge on any atom is 0.243 e. The van der Waals surface area contributed by atoms with Gasteiger partial charge in [-0.2, -0.15) is 0 Å². The molecule has 5 N–H and O–H groups in total. The van der Waals surface area contributed by atoms with E-state index >= 15 is 0 Å². The predicted molar refractivity (Wildman–Crippen MR) is 174 cm³/mol. The highest BCUT2D eigenvalue weighted by atomic mass is 16.5. The van der Waals surface area contributed by atoms with Crippen LogP contribution in [0.5, 0.6) is 5.75 Å². The fourth-order valence-electron chi connectivity index (χ4n) is 5.39. The van der Waals surface area contributed by atoms with Crippen molar-refractivity contribution in [2.75, 3.05) is 13.7 Å². The molecule has 0 heterocycles. The Morgan fingerprint density at radius 1 is 0.795 bits per heavy atom. The van der Waals surface area contributed by atoms with Gasteiger partial charge in [-0.1, -0.05) is 103 Å². The number of benzene rings is 4. The summed E-state index contributed by atoms with van der Waals surface area (Å²) in [6, 6.07) is 35.4. The van der Waals surface area contributed by atoms with Crippen LogP contribution in [0.1, 0.15) is 54.0 Å². The summed E-state index contributed by atoms with van der Waals surface area (Å²) in [6.07, 6.45) is 0.882. The van der Waals surface area contributed by atoms with Gasteiger partial charge >= 0.3 is 0 Å². The number of hydrogen-bond acceptors (Lipinski definition) is 4. The van der Waals surface area contributed by atoms with Crippen LogP contribution >= 0.6 is 0 Å². The van der Waals surface area contributed by atoms with Crippen LogP contribution in [0.2, 0.25) is 0 Å². The third-order valence-electron chi connectivity index (χ3n) is 7.70. The van der Waals surface area contributed by atoms with Crippen molar-refractivity contribution in [3.05, 3.63) is 138 Å². The molecule has 2 amide bonds. The molecule has 0 aliphatic rings. The van der Waals surface area contributed by atoms with Crippen LogP contribution in [0.15, 0.2) is 115 Å². The summed E-state index contributed by atoms with van der Waals surface area (Å²) in [5, 5.41) is 13.5. The van der Waals surface area contributed by atoms with Gasteiger partial charge in [0.2, 0.25) is 11.8 Å². The van der Waals surface area contributed by atoms with Gasteiger partial charge in [-0.05, 0) is 54.2 Å². The summed E-state index contributed by atoms with van der Waals surface area (Å²) in [6.45, 7) is 2.69. The lowest BCUT2D eigenvalue weighted by atomic mass is 9.88. The predicted octanol–water partition coefficient (Wildman–Crippen LogP) is 5.37. The number of nitrogens with one attached hydrogen (secondary N) is 3. The molecular formula is C36H41N5O3. The average Bonchev–Trinajstić information content (AvgIpc) is 3.06. The molecule has 8 heteroatoms. The summed E-state index contributed by atoms with van der Waals surface area (Å²) in [4.78, 5) is 30.8. The van der Waals surface area contributed by atoms with Gasteiger partial charge in [-0.3, -0.25) is 15.0 Å². The Hall–Kier alpha value is -5.11. The van der Waals surface area contributed by atoms with Gasteiger partial charge in [0.25, 0.3) is 0 Å². The third-order valence-corrected chi connectivity index (χ3v) is 7.70. The van der Waals surface area contributed by atoms with Gasteiger partial charge in [0.15, 0.2) is 5.96 Å². The number of nitrogens with two attached hydrogens (primary N) is 1. The highest BCUT2D eigenvalue weighted by molar-refractivity contribution is 5.93. The highest BCUT2D eigenvalue weighted by Gasteiger charge is 2.38. The van der Waals surface area contributed by atoms with Crippen molar-refractivity contribution >= 4 is 17.8 Å². The first-order chi connectivity index (χ1) is 21.4. The van der Waals surface area contributed by atoms with Crippen LogP contribution < -0.4 is 21.1 Å². The number of guanidine groups is 1. The molecule has 0 aromatic heterocycles. The van der Waals surface area contributed by atoms with Crippen molar-refractivity contribution in [2.45, 2.75) is 44.3 Å². The van der Waals surface area contributed by atoms with Crippen LogP contribution in [-0.4, -0.2) is 42.4 Å². The lowest BCUT2D eigenvalue weighted by Crippen LogP contribution is -2.52. The van der Waals surface area contributed by atoms with Crippen molar-refractivity contribution in [1.82, 2.24) is 15.5 Å². The number of methoxy groups -OCH3 is 1. The Kier molecular flexibility index (Phi) is 11.5. The summed E-state index contributed by atoms with van der Waals surface area (Å²) >= 11 is 0.